The number of hydrogen-bond acceptors (Lipinski definition) is 5. The Bertz CT molecular complexity index is 1250. The van der Waals surface area contributed by atoms with Crippen LogP contribution in [0.2, 0.25) is 5.02 Å². The summed E-state index contributed by atoms with van der Waals surface area (Å²) in [5.41, 5.74) is 4.12. The van der Waals surface area contributed by atoms with Crippen LogP contribution in [0.25, 0.3) is 0 Å². The average Bonchev–Trinajstić information content (AvgIpc) is 3.12. The van der Waals surface area contributed by atoms with E-state index >= 15 is 0 Å². The number of carbonyl (C=O) groups is 2. The molecule has 1 amide bonds. The van der Waals surface area contributed by atoms with E-state index in [1.807, 2.05) is 50.2 Å². The van der Waals surface area contributed by atoms with Crippen molar-refractivity contribution in [2.75, 3.05) is 10.6 Å². The number of Topliss-reactive ketones (excluding diaryl/α,β-unsaturated/α-hetero) is 1. The van der Waals surface area contributed by atoms with Gasteiger partial charge >= 0.3 is 0 Å². The number of anilines is 2. The smallest absolute Gasteiger partial charge is 0.260 e. The summed E-state index contributed by atoms with van der Waals surface area (Å²) < 4.78 is 0. The van der Waals surface area contributed by atoms with Gasteiger partial charge in [0.05, 0.1) is 16.3 Å². The van der Waals surface area contributed by atoms with E-state index in [9.17, 15) is 9.59 Å². The minimum absolute atomic E-state index is 0.0216. The minimum atomic E-state index is -0.813. The third-order valence-electron chi connectivity index (χ3n) is 5.21. The molecule has 3 aromatic rings. The highest BCUT2D eigenvalue weighted by Crippen LogP contribution is 2.38. The summed E-state index contributed by atoms with van der Waals surface area (Å²) in [6.45, 7) is 3.94. The lowest BCUT2D eigenvalue weighted by Gasteiger charge is -2.11. The highest BCUT2D eigenvalue weighted by Gasteiger charge is 2.39. The molecule has 5 nitrogen and oxygen atoms in total. The van der Waals surface area contributed by atoms with Crippen molar-refractivity contribution >= 4 is 52.1 Å². The van der Waals surface area contributed by atoms with Crippen LogP contribution in [0.1, 0.15) is 21.5 Å². The molecular formula is C26H22ClN3O2S. The number of nitrogens with one attached hydrogen (secondary N) is 3. The largest absolute Gasteiger partial charge is 0.349 e. The summed E-state index contributed by atoms with van der Waals surface area (Å²) >= 11 is 7.12. The number of thioether (sulfide) groups is 1. The molecule has 33 heavy (non-hydrogen) atoms. The van der Waals surface area contributed by atoms with Gasteiger partial charge < -0.3 is 16.0 Å². The van der Waals surface area contributed by atoms with Gasteiger partial charge in [-0.1, -0.05) is 70.9 Å². The summed E-state index contributed by atoms with van der Waals surface area (Å²) in [6, 6.07) is 21.7. The summed E-state index contributed by atoms with van der Waals surface area (Å²) in [6.07, 6.45) is 0. The maximum absolute atomic E-state index is 13.2. The van der Waals surface area contributed by atoms with E-state index in [4.69, 9.17) is 17.0 Å². The van der Waals surface area contributed by atoms with E-state index in [2.05, 4.69) is 10.6 Å². The van der Waals surface area contributed by atoms with Crippen molar-refractivity contribution in [2.24, 2.45) is 0 Å². The van der Waals surface area contributed by atoms with Crippen LogP contribution >= 0.6 is 23.4 Å². The van der Waals surface area contributed by atoms with E-state index in [1.54, 1.807) is 36.4 Å². The first-order chi connectivity index (χ1) is 15.8. The number of aryl methyl sites for hydroxylation is 2. The lowest BCUT2D eigenvalue weighted by molar-refractivity contribution is -0.112. The van der Waals surface area contributed by atoms with Crippen molar-refractivity contribution < 1.29 is 9.59 Å². The molecule has 0 spiro atoms. The molecule has 0 bridgehead atoms. The second kappa shape index (κ2) is 9.65. The second-order valence-corrected chi connectivity index (χ2v) is 9.35. The van der Waals surface area contributed by atoms with Gasteiger partial charge in [0.25, 0.3) is 5.91 Å². The van der Waals surface area contributed by atoms with Gasteiger partial charge in [-0.3, -0.25) is 9.59 Å². The van der Waals surface area contributed by atoms with Gasteiger partial charge in [-0.15, -0.1) is 0 Å². The monoisotopic (exact) mass is 475 g/mol. The third-order valence-corrected chi connectivity index (χ3v) is 6.69. The van der Waals surface area contributed by atoms with Crippen LogP contribution in [0.5, 0.6) is 0 Å². The third kappa shape index (κ3) is 5.18. The average molecular weight is 476 g/mol. The van der Waals surface area contributed by atoms with Gasteiger partial charge in [0.1, 0.15) is 5.25 Å². The molecule has 0 saturated carbocycles. The first-order valence-corrected chi connectivity index (χ1v) is 11.6. The molecule has 1 heterocycles. The first-order valence-electron chi connectivity index (χ1n) is 10.3. The molecule has 3 aromatic carbocycles. The summed E-state index contributed by atoms with van der Waals surface area (Å²) in [5.74, 6) is -0.661. The molecule has 1 aliphatic rings. The molecule has 7 heteroatoms. The fourth-order valence-corrected chi connectivity index (χ4v) is 4.69. The fourth-order valence-electron chi connectivity index (χ4n) is 3.36. The number of ketones is 1. The molecule has 1 unspecified atom stereocenters. The van der Waals surface area contributed by atoms with Crippen LogP contribution < -0.4 is 10.6 Å². The van der Waals surface area contributed by atoms with E-state index in [-0.39, 0.29) is 17.1 Å². The van der Waals surface area contributed by atoms with Crippen LogP contribution in [0.4, 0.5) is 11.4 Å². The predicted molar refractivity (Wildman–Crippen MR) is 137 cm³/mol. The Labute approximate surface area is 201 Å². The molecule has 4 rings (SSSR count). The molecule has 166 valence electrons. The Morgan fingerprint density at radius 1 is 0.848 bits per heavy atom. The van der Waals surface area contributed by atoms with Crippen molar-refractivity contribution in [1.82, 2.24) is 0 Å². The van der Waals surface area contributed by atoms with Crippen LogP contribution in [0.3, 0.4) is 0 Å². The number of hydrogen-bond donors (Lipinski definition) is 3. The number of benzene rings is 3. The molecule has 3 N–H and O–H groups in total. The van der Waals surface area contributed by atoms with Crippen molar-refractivity contribution in [1.29, 1.82) is 5.41 Å². The highest BCUT2D eigenvalue weighted by molar-refractivity contribution is 8.05. The minimum Gasteiger partial charge on any atom is -0.349 e. The van der Waals surface area contributed by atoms with E-state index < -0.39 is 11.2 Å². The van der Waals surface area contributed by atoms with Gasteiger partial charge in [-0.2, -0.15) is 0 Å². The summed E-state index contributed by atoms with van der Waals surface area (Å²) in [7, 11) is 0. The van der Waals surface area contributed by atoms with Crippen LogP contribution in [0, 0.1) is 19.3 Å². The Kier molecular flexibility index (Phi) is 6.67. The molecular weight excluding hydrogens is 454 g/mol. The normalized spacial score (nSPS) is 15.5. The van der Waals surface area contributed by atoms with Crippen LogP contribution in [0.15, 0.2) is 83.4 Å². The number of rotatable bonds is 6. The zero-order valence-corrected chi connectivity index (χ0v) is 19.7. The Morgan fingerprint density at radius 3 is 2.00 bits per heavy atom. The highest BCUT2D eigenvalue weighted by atomic mass is 35.5. The van der Waals surface area contributed by atoms with Crippen molar-refractivity contribution in [3.05, 3.63) is 105 Å². The van der Waals surface area contributed by atoms with Gasteiger partial charge in [0.2, 0.25) is 0 Å². The van der Waals surface area contributed by atoms with E-state index in [0.717, 1.165) is 16.8 Å². The Balaban J connectivity index is 1.64. The zero-order chi connectivity index (χ0) is 23.5. The lowest BCUT2D eigenvalue weighted by atomic mass is 9.99. The standard InChI is InChI=1S/C26H22ClN3O2S/c1-15-3-7-17(8-4-15)23(31)24-22(28)21(25(32)29-19-13-9-18(27)10-14-19)26(33-24)30-20-11-5-16(2)6-12-20/h3-14,24,28,30H,1-2H3,(H,29,32). The SMILES string of the molecule is Cc1ccc(NC2=C(C(=O)Nc3ccc(Cl)cc3)C(=N)C(C(=O)c3ccc(C)cc3)S2)cc1. The van der Waals surface area contributed by atoms with Crippen LogP contribution in [-0.2, 0) is 4.79 Å². The molecule has 1 atom stereocenters. The van der Waals surface area contributed by atoms with Gasteiger partial charge in [-0.05, 0) is 50.2 Å². The Hall–Kier alpha value is -3.35. The van der Waals surface area contributed by atoms with Crippen molar-refractivity contribution in [3.8, 4) is 0 Å². The molecule has 0 saturated heterocycles. The van der Waals surface area contributed by atoms with Gasteiger partial charge in [-0.25, -0.2) is 0 Å². The summed E-state index contributed by atoms with van der Waals surface area (Å²) in [5, 5.41) is 15.0. The second-order valence-electron chi connectivity index (χ2n) is 7.80. The van der Waals surface area contributed by atoms with Crippen molar-refractivity contribution in [2.45, 2.75) is 19.1 Å². The van der Waals surface area contributed by atoms with Crippen LogP contribution in [-0.4, -0.2) is 22.7 Å². The van der Waals surface area contributed by atoms with E-state index in [1.165, 1.54) is 11.8 Å². The number of halogens is 1. The number of carbonyl (C=O) groups excluding carboxylic acids is 2. The van der Waals surface area contributed by atoms with Gasteiger partial charge in [0, 0.05) is 22.0 Å². The molecule has 0 radical (unpaired) electrons. The molecule has 0 fully saturated rings. The topological polar surface area (TPSA) is 82.1 Å². The molecule has 0 aromatic heterocycles. The lowest BCUT2D eigenvalue weighted by Crippen LogP contribution is -2.28. The van der Waals surface area contributed by atoms with E-state index in [0.29, 0.717) is 21.3 Å². The quantitative estimate of drug-likeness (QED) is 0.369. The summed E-state index contributed by atoms with van der Waals surface area (Å²) in [4.78, 5) is 26.4. The van der Waals surface area contributed by atoms with Crippen molar-refractivity contribution in [3.63, 3.8) is 0 Å². The maximum atomic E-state index is 13.2. The first kappa shape index (κ1) is 22.8. The number of amides is 1. The Morgan fingerprint density at radius 2 is 1.39 bits per heavy atom. The zero-order valence-electron chi connectivity index (χ0n) is 18.1. The van der Waals surface area contributed by atoms with Gasteiger partial charge in [0.15, 0.2) is 5.78 Å². The fraction of sp³-hybridized carbons (Fsp3) is 0.115. The molecule has 1 aliphatic heterocycles. The molecule has 0 aliphatic carbocycles. The predicted octanol–water partition coefficient (Wildman–Crippen LogP) is 6.24. The maximum Gasteiger partial charge on any atom is 0.260 e.